The highest BCUT2D eigenvalue weighted by atomic mass is 32.2. The minimum atomic E-state index is -0.0338. The Morgan fingerprint density at radius 2 is 2.32 bits per heavy atom. The lowest BCUT2D eigenvalue weighted by molar-refractivity contribution is -0.131. The molecule has 1 amide bonds. The number of aryl methyl sites for hydroxylation is 1. The van der Waals surface area contributed by atoms with Crippen molar-refractivity contribution >= 4 is 17.7 Å². The molecule has 19 heavy (non-hydrogen) atoms. The van der Waals surface area contributed by atoms with Crippen LogP contribution in [0.25, 0.3) is 0 Å². The zero-order valence-corrected chi connectivity index (χ0v) is 12.2. The number of benzene rings is 1. The first-order valence-corrected chi connectivity index (χ1v) is 7.58. The van der Waals surface area contributed by atoms with Gasteiger partial charge in [0.15, 0.2) is 0 Å². The van der Waals surface area contributed by atoms with Crippen LogP contribution in [0.1, 0.15) is 5.56 Å². The second-order valence-electron chi connectivity index (χ2n) is 4.65. The predicted octanol–water partition coefficient (Wildman–Crippen LogP) is 1.49. The average Bonchev–Trinajstić information content (AvgIpc) is 2.94. The van der Waals surface area contributed by atoms with E-state index < -0.39 is 0 Å². The highest BCUT2D eigenvalue weighted by Gasteiger charge is 2.25. The van der Waals surface area contributed by atoms with Gasteiger partial charge in [0.25, 0.3) is 0 Å². The zero-order chi connectivity index (χ0) is 13.7. The van der Waals surface area contributed by atoms with Gasteiger partial charge in [-0.25, -0.2) is 0 Å². The maximum Gasteiger partial charge on any atom is 0.240 e. The van der Waals surface area contributed by atoms with E-state index in [1.54, 1.807) is 16.7 Å². The van der Waals surface area contributed by atoms with Crippen LogP contribution in [-0.2, 0) is 4.79 Å². The van der Waals surface area contributed by atoms with Crippen molar-refractivity contribution in [3.63, 3.8) is 0 Å². The summed E-state index contributed by atoms with van der Waals surface area (Å²) in [6.07, 6.45) is 0. The molecule has 1 heterocycles. The monoisotopic (exact) mass is 280 g/mol. The molecule has 1 fully saturated rings. The number of carbonyl (C=O) groups is 1. The summed E-state index contributed by atoms with van der Waals surface area (Å²) < 4.78 is 5.70. The topological polar surface area (TPSA) is 41.6 Å². The molecule has 0 aliphatic carbocycles. The fourth-order valence-corrected chi connectivity index (χ4v) is 2.87. The van der Waals surface area contributed by atoms with Crippen LogP contribution in [0.15, 0.2) is 24.3 Å². The molecule has 1 saturated heterocycles. The van der Waals surface area contributed by atoms with Crippen LogP contribution >= 0.6 is 11.8 Å². The molecule has 0 spiro atoms. The highest BCUT2D eigenvalue weighted by Crippen LogP contribution is 2.16. The molecule has 0 bridgehead atoms. The van der Waals surface area contributed by atoms with E-state index in [2.05, 4.69) is 5.32 Å². The molecule has 1 aliphatic heterocycles. The quantitative estimate of drug-likeness (QED) is 0.887. The smallest absolute Gasteiger partial charge is 0.240 e. The molecule has 5 heteroatoms. The van der Waals surface area contributed by atoms with Crippen molar-refractivity contribution < 1.29 is 9.53 Å². The Labute approximate surface area is 118 Å². The number of para-hydroxylation sites is 1. The number of carbonyl (C=O) groups excluding carboxylic acids is 1. The number of likely N-dealkylation sites (N-methyl/N-ethyl adjacent to an activating group) is 1. The van der Waals surface area contributed by atoms with Gasteiger partial charge < -0.3 is 9.64 Å². The van der Waals surface area contributed by atoms with E-state index in [1.165, 1.54) is 0 Å². The summed E-state index contributed by atoms with van der Waals surface area (Å²) in [5.41, 5.74) is 1.12. The Hall–Kier alpha value is -1.20. The van der Waals surface area contributed by atoms with Gasteiger partial charge in [-0.2, -0.15) is 0 Å². The second-order valence-corrected chi connectivity index (χ2v) is 5.68. The Kier molecular flexibility index (Phi) is 5.10. The SMILES string of the molecule is Cc1ccccc1OCCN(C)C(=O)[C@H]1CSCN1. The molecule has 2 rings (SSSR count). The first kappa shape index (κ1) is 14.2. The predicted molar refractivity (Wildman–Crippen MR) is 78.6 cm³/mol. The molecule has 1 aromatic rings. The van der Waals surface area contributed by atoms with Crippen LogP contribution in [0.3, 0.4) is 0 Å². The number of hydrogen-bond acceptors (Lipinski definition) is 4. The maximum atomic E-state index is 12.0. The van der Waals surface area contributed by atoms with Crippen LogP contribution in [0.2, 0.25) is 0 Å². The summed E-state index contributed by atoms with van der Waals surface area (Å²) in [6.45, 7) is 3.15. The van der Waals surface area contributed by atoms with E-state index >= 15 is 0 Å². The largest absolute Gasteiger partial charge is 0.491 e. The van der Waals surface area contributed by atoms with Gasteiger partial charge in [0.2, 0.25) is 5.91 Å². The Morgan fingerprint density at radius 3 is 3.00 bits per heavy atom. The van der Waals surface area contributed by atoms with Gasteiger partial charge >= 0.3 is 0 Å². The minimum Gasteiger partial charge on any atom is -0.491 e. The van der Waals surface area contributed by atoms with Crippen molar-refractivity contribution in [1.82, 2.24) is 10.2 Å². The molecular weight excluding hydrogens is 260 g/mol. The second kappa shape index (κ2) is 6.82. The molecule has 1 N–H and O–H groups in total. The number of hydrogen-bond donors (Lipinski definition) is 1. The van der Waals surface area contributed by atoms with Crippen LogP contribution in [0, 0.1) is 6.92 Å². The molecule has 0 radical (unpaired) electrons. The maximum absolute atomic E-state index is 12.0. The Bertz CT molecular complexity index is 433. The first-order valence-electron chi connectivity index (χ1n) is 6.43. The van der Waals surface area contributed by atoms with E-state index in [0.29, 0.717) is 13.2 Å². The summed E-state index contributed by atoms with van der Waals surface area (Å²) in [5, 5.41) is 3.19. The fraction of sp³-hybridized carbons (Fsp3) is 0.500. The van der Waals surface area contributed by atoms with E-state index in [1.807, 2.05) is 38.2 Å². The minimum absolute atomic E-state index is 0.0338. The van der Waals surface area contributed by atoms with Crippen molar-refractivity contribution in [3.8, 4) is 5.75 Å². The van der Waals surface area contributed by atoms with E-state index in [4.69, 9.17) is 4.74 Å². The third-order valence-corrected chi connectivity index (χ3v) is 4.11. The van der Waals surface area contributed by atoms with Gasteiger partial charge in [-0.1, -0.05) is 18.2 Å². The number of rotatable bonds is 5. The average molecular weight is 280 g/mol. The summed E-state index contributed by atoms with van der Waals surface area (Å²) in [4.78, 5) is 13.8. The summed E-state index contributed by atoms with van der Waals surface area (Å²) in [5.74, 6) is 2.77. The zero-order valence-electron chi connectivity index (χ0n) is 11.4. The summed E-state index contributed by atoms with van der Waals surface area (Å²) >= 11 is 1.76. The number of nitrogens with one attached hydrogen (secondary N) is 1. The molecular formula is C14H20N2O2S. The van der Waals surface area contributed by atoms with Gasteiger partial charge in [-0.3, -0.25) is 10.1 Å². The van der Waals surface area contributed by atoms with Gasteiger partial charge in [0, 0.05) is 18.7 Å². The molecule has 0 unspecified atom stereocenters. The molecule has 1 atom stereocenters. The third kappa shape index (κ3) is 3.88. The lowest BCUT2D eigenvalue weighted by Crippen LogP contribution is -2.44. The molecule has 104 valence electrons. The van der Waals surface area contributed by atoms with Gasteiger partial charge in [0.05, 0.1) is 12.6 Å². The number of ether oxygens (including phenoxy) is 1. The molecule has 0 saturated carbocycles. The summed E-state index contributed by atoms with van der Waals surface area (Å²) in [7, 11) is 1.83. The van der Waals surface area contributed by atoms with Crippen LogP contribution in [0.5, 0.6) is 5.75 Å². The lowest BCUT2D eigenvalue weighted by Gasteiger charge is -2.21. The van der Waals surface area contributed by atoms with Crippen molar-refractivity contribution in [1.29, 1.82) is 0 Å². The lowest BCUT2D eigenvalue weighted by atomic mass is 10.2. The highest BCUT2D eigenvalue weighted by molar-refractivity contribution is 7.99. The van der Waals surface area contributed by atoms with Crippen LogP contribution in [0.4, 0.5) is 0 Å². The summed E-state index contributed by atoms with van der Waals surface area (Å²) in [6, 6.07) is 7.88. The number of amides is 1. The third-order valence-electron chi connectivity index (χ3n) is 3.17. The molecule has 1 aromatic carbocycles. The van der Waals surface area contributed by atoms with Crippen molar-refractivity contribution in [2.75, 3.05) is 31.8 Å². The van der Waals surface area contributed by atoms with Gasteiger partial charge in [-0.15, -0.1) is 11.8 Å². The first-order chi connectivity index (χ1) is 9.18. The van der Waals surface area contributed by atoms with E-state index in [0.717, 1.165) is 22.9 Å². The van der Waals surface area contributed by atoms with Crippen molar-refractivity contribution in [2.45, 2.75) is 13.0 Å². The van der Waals surface area contributed by atoms with Gasteiger partial charge in [-0.05, 0) is 18.6 Å². The molecule has 1 aliphatic rings. The Morgan fingerprint density at radius 1 is 1.53 bits per heavy atom. The van der Waals surface area contributed by atoms with Crippen molar-refractivity contribution in [3.05, 3.63) is 29.8 Å². The standard InChI is InChI=1S/C14H20N2O2S/c1-11-5-3-4-6-13(11)18-8-7-16(2)14(17)12-9-19-10-15-12/h3-6,12,15H,7-10H2,1-2H3/t12-/m1/s1. The molecule has 4 nitrogen and oxygen atoms in total. The molecule has 0 aromatic heterocycles. The normalized spacial score (nSPS) is 18.3. The number of thioether (sulfide) groups is 1. The van der Waals surface area contributed by atoms with Gasteiger partial charge in [0.1, 0.15) is 12.4 Å². The van der Waals surface area contributed by atoms with E-state index in [-0.39, 0.29) is 11.9 Å². The van der Waals surface area contributed by atoms with Crippen LogP contribution < -0.4 is 10.1 Å². The fourth-order valence-electron chi connectivity index (χ4n) is 1.94. The van der Waals surface area contributed by atoms with Crippen LogP contribution in [-0.4, -0.2) is 48.7 Å². The number of nitrogens with zero attached hydrogens (tertiary/aromatic N) is 1. The van der Waals surface area contributed by atoms with Crippen molar-refractivity contribution in [2.24, 2.45) is 0 Å². The Balaban J connectivity index is 1.76. The van der Waals surface area contributed by atoms with E-state index in [9.17, 15) is 4.79 Å².